The third-order valence-corrected chi connectivity index (χ3v) is 6.71. The molecule has 0 amide bonds. The number of nitrogens with one attached hydrogen (secondary N) is 1. The van der Waals surface area contributed by atoms with Crippen LogP contribution in [-0.4, -0.2) is 62.6 Å². The van der Waals surface area contributed by atoms with Crippen LogP contribution < -0.4 is 14.2 Å². The Morgan fingerprint density at radius 3 is 2.26 bits per heavy atom. The van der Waals surface area contributed by atoms with Gasteiger partial charge in [0.25, 0.3) is 0 Å². The molecule has 0 aliphatic rings. The molecule has 1 atom stereocenters. The van der Waals surface area contributed by atoms with Gasteiger partial charge in [-0.1, -0.05) is 6.07 Å². The van der Waals surface area contributed by atoms with E-state index in [0.29, 0.717) is 22.7 Å². The van der Waals surface area contributed by atoms with Crippen LogP contribution in [0.2, 0.25) is 0 Å². The molecule has 0 saturated heterocycles. The second kappa shape index (κ2) is 9.97. The normalized spacial score (nSPS) is 12.2. The predicted molar refractivity (Wildman–Crippen MR) is 123 cm³/mol. The smallest absolute Gasteiger partial charge is 0.243 e. The molecule has 0 bridgehead atoms. The van der Waals surface area contributed by atoms with Crippen molar-refractivity contribution >= 4 is 16.0 Å². The average molecular weight is 501 g/mol. The van der Waals surface area contributed by atoms with Crippen molar-refractivity contribution in [1.82, 2.24) is 34.7 Å². The Labute approximate surface area is 200 Å². The maximum Gasteiger partial charge on any atom is 0.243 e. The van der Waals surface area contributed by atoms with Crippen molar-refractivity contribution in [3.8, 4) is 28.6 Å². The van der Waals surface area contributed by atoms with Crippen LogP contribution in [0.3, 0.4) is 0 Å². The van der Waals surface area contributed by atoms with E-state index in [0.717, 1.165) is 12.4 Å². The summed E-state index contributed by atoms with van der Waals surface area (Å²) in [7, 11) is -1.07. The van der Waals surface area contributed by atoms with E-state index in [1.165, 1.54) is 44.4 Å². The minimum atomic E-state index is -4.02. The summed E-state index contributed by atoms with van der Waals surface area (Å²) in [6.45, 7) is 1.48. The van der Waals surface area contributed by atoms with Crippen molar-refractivity contribution in [2.45, 2.75) is 18.6 Å². The van der Waals surface area contributed by atoms with Gasteiger partial charge in [0.15, 0.2) is 11.6 Å². The molecule has 0 unspecified atom stereocenters. The number of sulfonamides is 1. The van der Waals surface area contributed by atoms with Crippen molar-refractivity contribution in [2.75, 3.05) is 18.9 Å². The molecule has 0 radical (unpaired) electrons. The van der Waals surface area contributed by atoms with E-state index in [1.54, 1.807) is 18.2 Å². The van der Waals surface area contributed by atoms with E-state index in [1.807, 2.05) is 0 Å². The predicted octanol–water partition coefficient (Wildman–Crippen LogP) is 2.04. The first-order valence-corrected chi connectivity index (χ1v) is 11.8. The summed E-state index contributed by atoms with van der Waals surface area (Å²) in [5.74, 6) is 0.475. The first-order chi connectivity index (χ1) is 16.8. The van der Waals surface area contributed by atoms with Crippen molar-refractivity contribution in [3.63, 3.8) is 0 Å². The van der Waals surface area contributed by atoms with Crippen LogP contribution in [0, 0.1) is 5.82 Å². The summed E-state index contributed by atoms with van der Waals surface area (Å²) in [4.78, 5) is 15.7. The minimum Gasteiger partial charge on any atom is -0.494 e. The third-order valence-electron chi connectivity index (χ3n) is 5.01. The molecule has 0 aliphatic carbocycles. The number of methoxy groups -OCH3 is 2. The summed E-state index contributed by atoms with van der Waals surface area (Å²) in [6, 6.07) is 5.11. The summed E-state index contributed by atoms with van der Waals surface area (Å²) in [6.07, 6.45) is 6.30. The number of hydrogen-bond acceptors (Lipinski definition) is 10. The molecular formula is C21H21FN8O4S. The van der Waals surface area contributed by atoms with Crippen molar-refractivity contribution < 1.29 is 22.3 Å². The zero-order valence-electron chi connectivity index (χ0n) is 19.0. The lowest BCUT2D eigenvalue weighted by molar-refractivity contribution is 0.391. The van der Waals surface area contributed by atoms with Gasteiger partial charge >= 0.3 is 0 Å². The van der Waals surface area contributed by atoms with E-state index in [9.17, 15) is 12.8 Å². The zero-order chi connectivity index (χ0) is 25.0. The Balaban J connectivity index is 1.79. The van der Waals surface area contributed by atoms with Crippen LogP contribution in [-0.2, 0) is 16.4 Å². The van der Waals surface area contributed by atoms with E-state index < -0.39 is 21.1 Å². The molecule has 4 rings (SSSR count). The highest BCUT2D eigenvalue weighted by Gasteiger charge is 2.28. The van der Waals surface area contributed by atoms with Gasteiger partial charge in [-0.15, -0.1) is 10.2 Å². The molecule has 0 saturated carbocycles. The van der Waals surface area contributed by atoms with Gasteiger partial charge in [-0.05, 0) is 19.1 Å². The van der Waals surface area contributed by atoms with E-state index in [2.05, 4.69) is 34.9 Å². The second-order valence-corrected chi connectivity index (χ2v) is 9.40. The van der Waals surface area contributed by atoms with Crippen LogP contribution in [0.4, 0.5) is 10.3 Å². The maximum atomic E-state index is 13.2. The fraction of sp³-hybridized carbons (Fsp3) is 0.238. The summed E-state index contributed by atoms with van der Waals surface area (Å²) < 4.78 is 54.5. The van der Waals surface area contributed by atoms with Gasteiger partial charge in [0, 0.05) is 18.8 Å². The lowest BCUT2D eigenvalue weighted by Gasteiger charge is -2.18. The minimum absolute atomic E-state index is 0.0545. The van der Waals surface area contributed by atoms with Gasteiger partial charge in [0.2, 0.25) is 16.0 Å². The number of aromatic nitrogens is 7. The Bertz CT molecular complexity index is 1390. The van der Waals surface area contributed by atoms with Crippen LogP contribution in [0.1, 0.15) is 12.7 Å². The van der Waals surface area contributed by atoms with E-state index in [-0.39, 0.29) is 24.0 Å². The molecule has 3 aromatic heterocycles. The largest absolute Gasteiger partial charge is 0.494 e. The van der Waals surface area contributed by atoms with Gasteiger partial charge in [0.05, 0.1) is 37.4 Å². The number of nitrogens with zero attached hydrogens (tertiary/aromatic N) is 7. The molecule has 14 heteroatoms. The molecule has 0 fully saturated rings. The van der Waals surface area contributed by atoms with Gasteiger partial charge < -0.3 is 9.47 Å². The Morgan fingerprint density at radius 1 is 1.03 bits per heavy atom. The summed E-state index contributed by atoms with van der Waals surface area (Å²) in [5.41, 5.74) is 0.847. The third kappa shape index (κ3) is 5.01. The van der Waals surface area contributed by atoms with Crippen LogP contribution in [0.25, 0.3) is 17.1 Å². The molecule has 1 N–H and O–H groups in total. The molecular weight excluding hydrogens is 479 g/mol. The highest BCUT2D eigenvalue weighted by atomic mass is 32.2. The first kappa shape index (κ1) is 23.9. The number of hydrogen-bond donors (Lipinski definition) is 1. The van der Waals surface area contributed by atoms with E-state index in [4.69, 9.17) is 9.47 Å². The van der Waals surface area contributed by atoms with Crippen molar-refractivity contribution in [1.29, 1.82) is 0 Å². The molecule has 0 spiro atoms. The van der Waals surface area contributed by atoms with Gasteiger partial charge in [0.1, 0.15) is 29.3 Å². The SMILES string of the molecule is COc1cccc(OC)c1-n1c(NS(=O)(=O)[C@H](C)Cc2ncc(F)cn2)nnc1-c1cncnc1. The quantitative estimate of drug-likeness (QED) is 0.362. The lowest BCUT2D eigenvalue weighted by Crippen LogP contribution is -2.29. The Kier molecular flexibility index (Phi) is 6.82. The average Bonchev–Trinajstić information content (AvgIpc) is 3.27. The number of halogens is 1. The summed E-state index contributed by atoms with van der Waals surface area (Å²) in [5, 5.41) is 7.28. The Hall–Kier alpha value is -4.20. The van der Waals surface area contributed by atoms with Gasteiger partial charge in [-0.2, -0.15) is 0 Å². The molecule has 3 heterocycles. The molecule has 182 valence electrons. The number of para-hydroxylation sites is 1. The fourth-order valence-electron chi connectivity index (χ4n) is 3.25. The van der Waals surface area contributed by atoms with Gasteiger partial charge in [-0.25, -0.2) is 32.7 Å². The lowest BCUT2D eigenvalue weighted by atomic mass is 10.2. The Morgan fingerprint density at radius 2 is 1.66 bits per heavy atom. The number of rotatable bonds is 9. The van der Waals surface area contributed by atoms with E-state index >= 15 is 0 Å². The standard InChI is InChI=1S/C21H21FN8O4S/c1-13(7-18-25-10-15(22)11-26-18)35(31,32)29-21-28-27-20(14-8-23-12-24-9-14)30(21)19-16(33-2)5-4-6-17(19)34-3/h4-6,8-13H,7H2,1-3H3,(H,28,29)/t13-/m1/s1. The molecule has 1 aromatic carbocycles. The highest BCUT2D eigenvalue weighted by Crippen LogP contribution is 2.37. The molecule has 35 heavy (non-hydrogen) atoms. The molecule has 0 aliphatic heterocycles. The number of benzene rings is 1. The molecule has 4 aromatic rings. The molecule has 12 nitrogen and oxygen atoms in total. The fourth-order valence-corrected chi connectivity index (χ4v) is 4.21. The topological polar surface area (TPSA) is 147 Å². The zero-order valence-corrected chi connectivity index (χ0v) is 19.8. The van der Waals surface area contributed by atoms with Crippen LogP contribution >= 0.6 is 0 Å². The number of ether oxygens (including phenoxy) is 2. The highest BCUT2D eigenvalue weighted by molar-refractivity contribution is 7.93. The monoisotopic (exact) mass is 500 g/mol. The van der Waals surface area contributed by atoms with Crippen LogP contribution in [0.5, 0.6) is 11.5 Å². The number of anilines is 1. The van der Waals surface area contributed by atoms with Crippen LogP contribution in [0.15, 0.2) is 49.3 Å². The van der Waals surface area contributed by atoms with Crippen molar-refractivity contribution in [2.24, 2.45) is 0 Å². The maximum absolute atomic E-state index is 13.2. The summed E-state index contributed by atoms with van der Waals surface area (Å²) >= 11 is 0. The van der Waals surface area contributed by atoms with Crippen molar-refractivity contribution in [3.05, 3.63) is 61.0 Å². The second-order valence-electron chi connectivity index (χ2n) is 7.30. The first-order valence-electron chi connectivity index (χ1n) is 10.2. The van der Waals surface area contributed by atoms with Gasteiger partial charge in [-0.3, -0.25) is 9.29 Å².